The summed E-state index contributed by atoms with van der Waals surface area (Å²) in [5.41, 5.74) is 7.07. The molecule has 136 valence electrons. The van der Waals surface area contributed by atoms with Crippen molar-refractivity contribution in [1.29, 1.82) is 0 Å². The third-order valence-corrected chi connectivity index (χ3v) is 4.84. The molecule has 1 heterocycles. The standard InChI is InChI=1S/C19H18F3N3S/c20-19(21,22)15-8-4-5-13(9-15)10-16(23)11-24-18-25-12-17(26-18)14-6-2-1-3-7-14/h1-9,12,16H,10-11,23H2,(H,24,25)/t16-/m0/s1. The van der Waals surface area contributed by atoms with Crippen molar-refractivity contribution >= 4 is 16.5 Å². The monoisotopic (exact) mass is 377 g/mol. The average molecular weight is 377 g/mol. The van der Waals surface area contributed by atoms with E-state index in [-0.39, 0.29) is 6.04 Å². The number of benzene rings is 2. The Morgan fingerprint density at radius 1 is 1.08 bits per heavy atom. The Hall–Kier alpha value is -2.38. The van der Waals surface area contributed by atoms with Crippen molar-refractivity contribution in [3.63, 3.8) is 0 Å². The normalized spacial score (nSPS) is 12.8. The molecule has 0 aliphatic heterocycles. The summed E-state index contributed by atoms with van der Waals surface area (Å²) in [6.07, 6.45) is -2.19. The van der Waals surface area contributed by atoms with Crippen molar-refractivity contribution < 1.29 is 13.2 Å². The Morgan fingerprint density at radius 2 is 1.85 bits per heavy atom. The molecule has 3 aromatic rings. The predicted octanol–water partition coefficient (Wildman–Crippen LogP) is 4.81. The first kappa shape index (κ1) is 18.4. The van der Waals surface area contributed by atoms with E-state index < -0.39 is 11.7 Å². The Bertz CT molecular complexity index is 846. The average Bonchev–Trinajstić information content (AvgIpc) is 3.09. The van der Waals surface area contributed by atoms with Gasteiger partial charge < -0.3 is 11.1 Å². The largest absolute Gasteiger partial charge is 0.416 e. The second-order valence-corrected chi connectivity index (χ2v) is 6.97. The third kappa shape index (κ3) is 4.83. The molecule has 7 heteroatoms. The van der Waals surface area contributed by atoms with Gasteiger partial charge in [-0.1, -0.05) is 59.9 Å². The lowest BCUT2D eigenvalue weighted by atomic mass is 10.0. The van der Waals surface area contributed by atoms with Crippen LogP contribution in [0.25, 0.3) is 10.4 Å². The molecule has 3 N–H and O–H groups in total. The number of nitrogens with zero attached hydrogens (tertiary/aromatic N) is 1. The number of aromatic nitrogens is 1. The Morgan fingerprint density at radius 3 is 2.58 bits per heavy atom. The molecule has 0 aliphatic rings. The number of alkyl halides is 3. The number of anilines is 1. The van der Waals surface area contributed by atoms with E-state index in [1.807, 2.05) is 30.3 Å². The maximum Gasteiger partial charge on any atom is 0.416 e. The molecule has 0 saturated heterocycles. The van der Waals surface area contributed by atoms with Gasteiger partial charge in [0.2, 0.25) is 0 Å². The summed E-state index contributed by atoms with van der Waals surface area (Å²) in [5.74, 6) is 0. The van der Waals surface area contributed by atoms with E-state index in [1.165, 1.54) is 17.4 Å². The molecule has 0 aliphatic carbocycles. The minimum atomic E-state index is -4.34. The minimum absolute atomic E-state index is 0.317. The molecular weight excluding hydrogens is 359 g/mol. The van der Waals surface area contributed by atoms with Crippen LogP contribution in [0.2, 0.25) is 0 Å². The zero-order valence-electron chi connectivity index (χ0n) is 13.8. The summed E-state index contributed by atoms with van der Waals surface area (Å²) in [6, 6.07) is 14.9. The maximum absolute atomic E-state index is 12.8. The van der Waals surface area contributed by atoms with Crippen LogP contribution in [0.5, 0.6) is 0 Å². The van der Waals surface area contributed by atoms with Gasteiger partial charge in [0.05, 0.1) is 10.4 Å². The van der Waals surface area contributed by atoms with Gasteiger partial charge in [-0.3, -0.25) is 0 Å². The molecule has 0 saturated carbocycles. The molecule has 0 fully saturated rings. The van der Waals surface area contributed by atoms with Gasteiger partial charge in [0, 0.05) is 18.8 Å². The fourth-order valence-corrected chi connectivity index (χ4v) is 3.39. The lowest BCUT2D eigenvalue weighted by molar-refractivity contribution is -0.137. The Balaban J connectivity index is 1.56. The third-order valence-electron chi connectivity index (χ3n) is 3.83. The zero-order chi connectivity index (χ0) is 18.6. The van der Waals surface area contributed by atoms with Crippen LogP contribution in [0.1, 0.15) is 11.1 Å². The van der Waals surface area contributed by atoms with E-state index >= 15 is 0 Å². The molecule has 0 unspecified atom stereocenters. The van der Waals surface area contributed by atoms with Gasteiger partial charge >= 0.3 is 6.18 Å². The number of thiazole rings is 1. The van der Waals surface area contributed by atoms with Crippen LogP contribution in [0.15, 0.2) is 60.8 Å². The fraction of sp³-hybridized carbons (Fsp3) is 0.211. The number of hydrogen-bond acceptors (Lipinski definition) is 4. The second-order valence-electron chi connectivity index (χ2n) is 5.94. The predicted molar refractivity (Wildman–Crippen MR) is 99.2 cm³/mol. The van der Waals surface area contributed by atoms with Gasteiger partial charge in [-0.25, -0.2) is 4.98 Å². The van der Waals surface area contributed by atoms with Crippen LogP contribution in [0.3, 0.4) is 0 Å². The topological polar surface area (TPSA) is 50.9 Å². The van der Waals surface area contributed by atoms with Gasteiger partial charge in [-0.2, -0.15) is 13.2 Å². The van der Waals surface area contributed by atoms with Crippen molar-refractivity contribution in [2.45, 2.75) is 18.6 Å². The first-order valence-electron chi connectivity index (χ1n) is 8.08. The summed E-state index contributed by atoms with van der Waals surface area (Å²) in [6.45, 7) is 0.429. The SMILES string of the molecule is N[C@H](CNc1ncc(-c2ccccc2)s1)Cc1cccc(C(F)(F)F)c1. The quantitative estimate of drug-likeness (QED) is 0.648. The first-order chi connectivity index (χ1) is 12.4. The molecule has 26 heavy (non-hydrogen) atoms. The highest BCUT2D eigenvalue weighted by Crippen LogP contribution is 2.30. The minimum Gasteiger partial charge on any atom is -0.360 e. The highest BCUT2D eigenvalue weighted by Gasteiger charge is 2.30. The smallest absolute Gasteiger partial charge is 0.360 e. The van der Waals surface area contributed by atoms with Crippen LogP contribution in [0, 0.1) is 0 Å². The van der Waals surface area contributed by atoms with E-state index in [1.54, 1.807) is 12.3 Å². The van der Waals surface area contributed by atoms with E-state index in [9.17, 15) is 13.2 Å². The van der Waals surface area contributed by atoms with Crippen molar-refractivity contribution in [3.8, 4) is 10.4 Å². The first-order valence-corrected chi connectivity index (χ1v) is 8.90. The van der Waals surface area contributed by atoms with E-state index in [0.717, 1.165) is 27.7 Å². The second kappa shape index (κ2) is 7.88. The van der Waals surface area contributed by atoms with Crippen molar-refractivity contribution in [2.24, 2.45) is 5.73 Å². The van der Waals surface area contributed by atoms with Crippen molar-refractivity contribution in [1.82, 2.24) is 4.98 Å². The van der Waals surface area contributed by atoms with Crippen LogP contribution in [-0.4, -0.2) is 17.6 Å². The molecule has 0 bridgehead atoms. The van der Waals surface area contributed by atoms with Gasteiger partial charge in [-0.15, -0.1) is 0 Å². The van der Waals surface area contributed by atoms with Gasteiger partial charge in [0.15, 0.2) is 5.13 Å². The number of nitrogens with one attached hydrogen (secondary N) is 1. The Labute approximate surface area is 153 Å². The number of rotatable bonds is 6. The zero-order valence-corrected chi connectivity index (χ0v) is 14.6. The van der Waals surface area contributed by atoms with E-state index in [4.69, 9.17) is 5.73 Å². The maximum atomic E-state index is 12.8. The van der Waals surface area contributed by atoms with Gasteiger partial charge in [0.1, 0.15) is 0 Å². The molecule has 0 amide bonds. The van der Waals surface area contributed by atoms with E-state index in [0.29, 0.717) is 18.5 Å². The van der Waals surface area contributed by atoms with Gasteiger partial charge in [0.25, 0.3) is 0 Å². The van der Waals surface area contributed by atoms with Crippen molar-refractivity contribution in [3.05, 3.63) is 71.9 Å². The summed E-state index contributed by atoms with van der Waals surface area (Å²) in [4.78, 5) is 5.36. The highest BCUT2D eigenvalue weighted by atomic mass is 32.1. The molecule has 1 atom stereocenters. The molecule has 1 aromatic heterocycles. The van der Waals surface area contributed by atoms with Gasteiger partial charge in [-0.05, 0) is 23.6 Å². The molecule has 0 spiro atoms. The molecule has 2 aromatic carbocycles. The Kier molecular flexibility index (Phi) is 5.58. The number of halogens is 3. The molecule has 0 radical (unpaired) electrons. The number of hydrogen-bond donors (Lipinski definition) is 2. The van der Waals surface area contributed by atoms with E-state index in [2.05, 4.69) is 10.3 Å². The lowest BCUT2D eigenvalue weighted by Crippen LogP contribution is -2.31. The summed E-state index contributed by atoms with van der Waals surface area (Å²) >= 11 is 1.51. The van der Waals surface area contributed by atoms with Crippen LogP contribution >= 0.6 is 11.3 Å². The lowest BCUT2D eigenvalue weighted by Gasteiger charge is -2.14. The molecular formula is C19H18F3N3S. The van der Waals surface area contributed by atoms with Crippen LogP contribution < -0.4 is 11.1 Å². The summed E-state index contributed by atoms with van der Waals surface area (Å²) in [5, 5.41) is 3.90. The highest BCUT2D eigenvalue weighted by molar-refractivity contribution is 7.18. The van der Waals surface area contributed by atoms with Crippen molar-refractivity contribution in [2.75, 3.05) is 11.9 Å². The molecule has 3 nitrogen and oxygen atoms in total. The summed E-state index contributed by atoms with van der Waals surface area (Å²) < 4.78 is 38.3. The van der Waals surface area contributed by atoms with Crippen LogP contribution in [-0.2, 0) is 12.6 Å². The summed E-state index contributed by atoms with van der Waals surface area (Å²) in [7, 11) is 0. The van der Waals surface area contributed by atoms with Crippen LogP contribution in [0.4, 0.5) is 18.3 Å². The fourth-order valence-electron chi connectivity index (χ4n) is 2.56. The molecule has 3 rings (SSSR count). The number of nitrogens with two attached hydrogens (primary N) is 1.